The van der Waals surface area contributed by atoms with Gasteiger partial charge in [0.1, 0.15) is 17.3 Å². The Morgan fingerprint density at radius 3 is 2.08 bits per heavy atom. The lowest BCUT2D eigenvalue weighted by atomic mass is 10.1. The minimum atomic E-state index is -0.302. The molecule has 0 aliphatic carbocycles. The summed E-state index contributed by atoms with van der Waals surface area (Å²) >= 11 is 0. The Labute approximate surface area is 138 Å². The molecule has 0 saturated carbocycles. The number of aromatic nitrogens is 1. The zero-order valence-electron chi connectivity index (χ0n) is 13.5. The van der Waals surface area contributed by atoms with E-state index in [9.17, 15) is 4.39 Å². The summed E-state index contributed by atoms with van der Waals surface area (Å²) < 4.78 is 34.5. The largest absolute Gasteiger partial charge is 0.496 e. The summed E-state index contributed by atoms with van der Waals surface area (Å²) in [6.45, 7) is 0. The van der Waals surface area contributed by atoms with Gasteiger partial charge in [0.2, 0.25) is 0 Å². The highest BCUT2D eigenvalue weighted by Crippen LogP contribution is 2.40. The molecule has 0 fully saturated rings. The van der Waals surface area contributed by atoms with E-state index in [0.717, 1.165) is 5.56 Å². The Bertz CT molecular complexity index is 843. The summed E-state index contributed by atoms with van der Waals surface area (Å²) in [7, 11) is 4.67. The fourth-order valence-corrected chi connectivity index (χ4v) is 2.38. The van der Waals surface area contributed by atoms with Crippen LogP contribution in [-0.4, -0.2) is 26.5 Å². The first-order valence-electron chi connectivity index (χ1n) is 7.19. The molecule has 0 atom stereocenters. The monoisotopic (exact) mass is 329 g/mol. The summed E-state index contributed by atoms with van der Waals surface area (Å²) in [6.07, 6.45) is 0. The van der Waals surface area contributed by atoms with Crippen LogP contribution in [0.4, 0.5) is 4.39 Å². The van der Waals surface area contributed by atoms with E-state index in [1.165, 1.54) is 12.1 Å². The van der Waals surface area contributed by atoms with E-state index in [0.29, 0.717) is 34.3 Å². The SMILES string of the molecule is COc1cc(OC)c(-c2cc(-c3ccc(F)cc3)no2)cc1OC. The van der Waals surface area contributed by atoms with E-state index in [1.807, 2.05) is 0 Å². The fourth-order valence-electron chi connectivity index (χ4n) is 2.38. The highest BCUT2D eigenvalue weighted by Gasteiger charge is 2.17. The van der Waals surface area contributed by atoms with E-state index < -0.39 is 0 Å². The van der Waals surface area contributed by atoms with Crippen LogP contribution < -0.4 is 14.2 Å². The number of hydrogen-bond acceptors (Lipinski definition) is 5. The number of ether oxygens (including phenoxy) is 3. The molecule has 0 amide bonds. The van der Waals surface area contributed by atoms with Crippen molar-refractivity contribution in [3.8, 4) is 39.8 Å². The summed E-state index contributed by atoms with van der Waals surface area (Å²) in [4.78, 5) is 0. The summed E-state index contributed by atoms with van der Waals surface area (Å²) in [5, 5.41) is 4.04. The molecule has 124 valence electrons. The van der Waals surface area contributed by atoms with Crippen LogP contribution in [0.2, 0.25) is 0 Å². The molecule has 0 saturated heterocycles. The van der Waals surface area contributed by atoms with Crippen LogP contribution in [0.1, 0.15) is 0 Å². The van der Waals surface area contributed by atoms with Gasteiger partial charge in [0, 0.05) is 17.7 Å². The van der Waals surface area contributed by atoms with Crippen LogP contribution in [0.5, 0.6) is 17.2 Å². The van der Waals surface area contributed by atoms with Gasteiger partial charge in [0.25, 0.3) is 0 Å². The molecule has 0 spiro atoms. The van der Waals surface area contributed by atoms with E-state index in [4.69, 9.17) is 18.7 Å². The van der Waals surface area contributed by atoms with Gasteiger partial charge >= 0.3 is 0 Å². The van der Waals surface area contributed by atoms with Gasteiger partial charge in [-0.25, -0.2) is 4.39 Å². The second kappa shape index (κ2) is 6.62. The lowest BCUT2D eigenvalue weighted by Gasteiger charge is -2.12. The zero-order valence-corrected chi connectivity index (χ0v) is 13.5. The average molecular weight is 329 g/mol. The number of nitrogens with zero attached hydrogens (tertiary/aromatic N) is 1. The second-order valence-electron chi connectivity index (χ2n) is 4.99. The van der Waals surface area contributed by atoms with Gasteiger partial charge in [0.15, 0.2) is 17.3 Å². The number of hydrogen-bond donors (Lipinski definition) is 0. The van der Waals surface area contributed by atoms with Crippen molar-refractivity contribution in [2.45, 2.75) is 0 Å². The van der Waals surface area contributed by atoms with Crippen molar-refractivity contribution in [3.05, 3.63) is 48.3 Å². The van der Waals surface area contributed by atoms with Gasteiger partial charge < -0.3 is 18.7 Å². The smallest absolute Gasteiger partial charge is 0.171 e. The Balaban J connectivity index is 2.04. The maximum Gasteiger partial charge on any atom is 0.171 e. The lowest BCUT2D eigenvalue weighted by molar-refractivity contribution is 0.348. The standard InChI is InChI=1S/C18H16FNO4/c1-21-15-10-18(23-3)17(22-2)8-13(15)16-9-14(20-24-16)11-4-6-12(19)7-5-11/h4-10H,1-3H3. The highest BCUT2D eigenvalue weighted by molar-refractivity contribution is 5.74. The normalized spacial score (nSPS) is 10.5. The number of benzene rings is 2. The molecular formula is C18H16FNO4. The van der Waals surface area contributed by atoms with Crippen LogP contribution in [0.15, 0.2) is 47.0 Å². The zero-order chi connectivity index (χ0) is 17.1. The molecule has 6 heteroatoms. The van der Waals surface area contributed by atoms with Crippen LogP contribution in [-0.2, 0) is 0 Å². The third-order valence-corrected chi connectivity index (χ3v) is 3.62. The predicted octanol–water partition coefficient (Wildman–Crippen LogP) is 4.17. The third-order valence-electron chi connectivity index (χ3n) is 3.62. The van der Waals surface area contributed by atoms with Crippen molar-refractivity contribution in [1.29, 1.82) is 0 Å². The van der Waals surface area contributed by atoms with Crippen molar-refractivity contribution in [2.24, 2.45) is 0 Å². The number of halogens is 1. The highest BCUT2D eigenvalue weighted by atomic mass is 19.1. The molecule has 0 aliphatic rings. The molecule has 0 N–H and O–H groups in total. The topological polar surface area (TPSA) is 53.7 Å². The van der Waals surface area contributed by atoms with Gasteiger partial charge in [0.05, 0.1) is 26.9 Å². The second-order valence-corrected chi connectivity index (χ2v) is 4.99. The van der Waals surface area contributed by atoms with E-state index in [-0.39, 0.29) is 5.82 Å². The van der Waals surface area contributed by atoms with E-state index in [2.05, 4.69) is 5.16 Å². The molecule has 24 heavy (non-hydrogen) atoms. The van der Waals surface area contributed by atoms with Gasteiger partial charge in [-0.2, -0.15) is 0 Å². The molecule has 3 rings (SSSR count). The first-order chi connectivity index (χ1) is 11.7. The molecule has 2 aromatic carbocycles. The molecule has 0 radical (unpaired) electrons. The lowest BCUT2D eigenvalue weighted by Crippen LogP contribution is -1.94. The minimum absolute atomic E-state index is 0.302. The van der Waals surface area contributed by atoms with Gasteiger partial charge in [-0.3, -0.25) is 0 Å². The molecule has 0 aliphatic heterocycles. The van der Waals surface area contributed by atoms with E-state index >= 15 is 0 Å². The first-order valence-corrected chi connectivity index (χ1v) is 7.19. The number of rotatable bonds is 5. The maximum atomic E-state index is 13.0. The number of methoxy groups -OCH3 is 3. The van der Waals surface area contributed by atoms with Crippen molar-refractivity contribution >= 4 is 0 Å². The van der Waals surface area contributed by atoms with Crippen molar-refractivity contribution in [1.82, 2.24) is 5.16 Å². The molecule has 0 bridgehead atoms. The Hall–Kier alpha value is -3.02. The van der Waals surface area contributed by atoms with E-state index in [1.54, 1.807) is 51.7 Å². The van der Waals surface area contributed by atoms with Crippen LogP contribution in [0.25, 0.3) is 22.6 Å². The molecule has 0 unspecified atom stereocenters. The summed E-state index contributed by atoms with van der Waals surface area (Å²) in [6, 6.07) is 11.3. The van der Waals surface area contributed by atoms with Crippen molar-refractivity contribution in [3.63, 3.8) is 0 Å². The van der Waals surface area contributed by atoms with Gasteiger partial charge in [-0.1, -0.05) is 5.16 Å². The summed E-state index contributed by atoms with van der Waals surface area (Å²) in [5.74, 6) is 1.87. The molecule has 3 aromatic rings. The summed E-state index contributed by atoms with van der Waals surface area (Å²) in [5.41, 5.74) is 2.03. The Morgan fingerprint density at radius 1 is 0.833 bits per heavy atom. The van der Waals surface area contributed by atoms with Crippen molar-refractivity contribution < 1.29 is 23.1 Å². The van der Waals surface area contributed by atoms with Crippen LogP contribution >= 0.6 is 0 Å². The Morgan fingerprint density at radius 2 is 1.46 bits per heavy atom. The molecule has 1 aromatic heterocycles. The van der Waals surface area contributed by atoms with Gasteiger partial charge in [-0.15, -0.1) is 0 Å². The quantitative estimate of drug-likeness (QED) is 0.703. The third kappa shape index (κ3) is 2.90. The average Bonchev–Trinajstić information content (AvgIpc) is 3.11. The van der Waals surface area contributed by atoms with Crippen LogP contribution in [0, 0.1) is 5.82 Å². The Kier molecular flexibility index (Phi) is 4.37. The van der Waals surface area contributed by atoms with Gasteiger partial charge in [-0.05, 0) is 30.3 Å². The van der Waals surface area contributed by atoms with Crippen LogP contribution in [0.3, 0.4) is 0 Å². The minimum Gasteiger partial charge on any atom is -0.496 e. The fraction of sp³-hybridized carbons (Fsp3) is 0.167. The first kappa shape index (κ1) is 15.9. The maximum absolute atomic E-state index is 13.0. The molecule has 1 heterocycles. The van der Waals surface area contributed by atoms with Crippen molar-refractivity contribution in [2.75, 3.05) is 21.3 Å². The molecule has 5 nitrogen and oxygen atoms in total. The molecular weight excluding hydrogens is 313 g/mol. The predicted molar refractivity (Wildman–Crippen MR) is 87.0 cm³/mol.